The number of benzene rings is 1. The summed E-state index contributed by atoms with van der Waals surface area (Å²) in [5.41, 5.74) is 2.85. The predicted molar refractivity (Wildman–Crippen MR) is 80.2 cm³/mol. The molecule has 0 bridgehead atoms. The summed E-state index contributed by atoms with van der Waals surface area (Å²) in [4.78, 5) is 12.2. The van der Waals surface area contributed by atoms with Crippen molar-refractivity contribution in [1.82, 2.24) is 5.32 Å². The van der Waals surface area contributed by atoms with Gasteiger partial charge in [0, 0.05) is 10.9 Å². The zero-order valence-electron chi connectivity index (χ0n) is 12.1. The average Bonchev–Trinajstić information content (AvgIpc) is 3.13. The van der Waals surface area contributed by atoms with Gasteiger partial charge < -0.3 is 14.2 Å². The van der Waals surface area contributed by atoms with Gasteiger partial charge in [0.25, 0.3) is 5.91 Å². The molecule has 21 heavy (non-hydrogen) atoms. The van der Waals surface area contributed by atoms with Crippen LogP contribution in [0.2, 0.25) is 0 Å². The van der Waals surface area contributed by atoms with Gasteiger partial charge in [-0.15, -0.1) is 0 Å². The Balaban J connectivity index is 1.85. The van der Waals surface area contributed by atoms with E-state index in [9.17, 15) is 4.79 Å². The molecule has 1 N–H and O–H groups in total. The molecule has 108 valence electrons. The molecule has 0 radical (unpaired) electrons. The van der Waals surface area contributed by atoms with Crippen molar-refractivity contribution in [1.29, 1.82) is 0 Å². The number of carbonyl (C=O) groups is 1. The highest BCUT2D eigenvalue weighted by molar-refractivity contribution is 5.99. The summed E-state index contributed by atoms with van der Waals surface area (Å²) < 4.78 is 10.9. The monoisotopic (exact) mass is 283 g/mol. The molecule has 1 aromatic carbocycles. The molecule has 0 saturated heterocycles. The van der Waals surface area contributed by atoms with Crippen LogP contribution in [0.3, 0.4) is 0 Å². The van der Waals surface area contributed by atoms with Gasteiger partial charge in [0.2, 0.25) is 0 Å². The van der Waals surface area contributed by atoms with E-state index in [1.807, 2.05) is 25.1 Å². The van der Waals surface area contributed by atoms with E-state index < -0.39 is 0 Å². The lowest BCUT2D eigenvalue weighted by atomic mass is 10.1. The van der Waals surface area contributed by atoms with Crippen LogP contribution in [0.4, 0.5) is 0 Å². The van der Waals surface area contributed by atoms with Gasteiger partial charge in [0.1, 0.15) is 11.3 Å². The molecular weight excluding hydrogens is 266 g/mol. The van der Waals surface area contributed by atoms with Gasteiger partial charge in [0.05, 0.1) is 12.8 Å². The Morgan fingerprint density at radius 1 is 1.29 bits per heavy atom. The fourth-order valence-corrected chi connectivity index (χ4v) is 2.37. The van der Waals surface area contributed by atoms with Crippen molar-refractivity contribution < 1.29 is 13.6 Å². The van der Waals surface area contributed by atoms with Crippen LogP contribution < -0.4 is 5.32 Å². The Morgan fingerprint density at radius 2 is 2.14 bits per heavy atom. The quantitative estimate of drug-likeness (QED) is 0.791. The molecule has 4 heteroatoms. The molecule has 2 heterocycles. The molecular formula is C17H17NO3. The molecule has 0 saturated carbocycles. The van der Waals surface area contributed by atoms with Crippen LogP contribution in [0.15, 0.2) is 45.4 Å². The van der Waals surface area contributed by atoms with E-state index in [2.05, 4.69) is 18.3 Å². The van der Waals surface area contributed by atoms with Gasteiger partial charge >= 0.3 is 0 Å². The second kappa shape index (κ2) is 5.48. The number of amides is 1. The van der Waals surface area contributed by atoms with Gasteiger partial charge in [-0.25, -0.2) is 0 Å². The molecule has 4 nitrogen and oxygen atoms in total. The van der Waals surface area contributed by atoms with Crippen LogP contribution in [-0.2, 0) is 13.0 Å². The van der Waals surface area contributed by atoms with Crippen molar-refractivity contribution in [3.8, 4) is 0 Å². The highest BCUT2D eigenvalue weighted by Crippen LogP contribution is 2.26. The molecule has 0 aliphatic rings. The van der Waals surface area contributed by atoms with E-state index in [1.54, 1.807) is 12.3 Å². The molecule has 0 atom stereocenters. The number of aryl methyl sites for hydroxylation is 2. The molecule has 0 aliphatic heterocycles. The van der Waals surface area contributed by atoms with Gasteiger partial charge in [0.15, 0.2) is 5.76 Å². The van der Waals surface area contributed by atoms with E-state index >= 15 is 0 Å². The second-order valence-corrected chi connectivity index (χ2v) is 5.00. The largest absolute Gasteiger partial charge is 0.467 e. The van der Waals surface area contributed by atoms with Crippen molar-refractivity contribution in [3.63, 3.8) is 0 Å². The minimum absolute atomic E-state index is 0.224. The summed E-state index contributed by atoms with van der Waals surface area (Å²) in [7, 11) is 0. The topological polar surface area (TPSA) is 55.4 Å². The standard InChI is InChI=1S/C17H17NO3/c1-3-12-6-7-15-14(9-12)11(2)16(21-15)17(19)18-10-13-5-4-8-20-13/h4-9H,3,10H2,1-2H3,(H,18,19). The third-order valence-electron chi connectivity index (χ3n) is 3.62. The summed E-state index contributed by atoms with van der Waals surface area (Å²) in [5.74, 6) is 0.855. The number of furan rings is 2. The number of hydrogen-bond acceptors (Lipinski definition) is 3. The minimum Gasteiger partial charge on any atom is -0.467 e. The van der Waals surface area contributed by atoms with E-state index in [0.717, 1.165) is 23.0 Å². The molecule has 0 unspecified atom stereocenters. The molecule has 3 rings (SSSR count). The molecule has 0 spiro atoms. The van der Waals surface area contributed by atoms with Gasteiger partial charge in [-0.1, -0.05) is 13.0 Å². The zero-order chi connectivity index (χ0) is 14.8. The van der Waals surface area contributed by atoms with Crippen molar-refractivity contribution in [2.75, 3.05) is 0 Å². The normalized spacial score (nSPS) is 11.0. The smallest absolute Gasteiger partial charge is 0.287 e. The van der Waals surface area contributed by atoms with E-state index in [4.69, 9.17) is 8.83 Å². The van der Waals surface area contributed by atoms with Crippen LogP contribution in [0.5, 0.6) is 0 Å². The lowest BCUT2D eigenvalue weighted by molar-refractivity contribution is 0.0921. The van der Waals surface area contributed by atoms with Crippen LogP contribution in [0.25, 0.3) is 11.0 Å². The van der Waals surface area contributed by atoms with Crippen LogP contribution in [0, 0.1) is 6.92 Å². The number of nitrogens with one attached hydrogen (secondary N) is 1. The lowest BCUT2D eigenvalue weighted by Crippen LogP contribution is -2.22. The number of carbonyl (C=O) groups excluding carboxylic acids is 1. The molecule has 0 aliphatic carbocycles. The second-order valence-electron chi connectivity index (χ2n) is 5.00. The summed E-state index contributed by atoms with van der Waals surface area (Å²) in [6.07, 6.45) is 2.54. The fourth-order valence-electron chi connectivity index (χ4n) is 2.37. The number of rotatable bonds is 4. The Bertz CT molecular complexity index is 769. The molecule has 1 amide bonds. The third-order valence-corrected chi connectivity index (χ3v) is 3.62. The Morgan fingerprint density at radius 3 is 2.86 bits per heavy atom. The van der Waals surface area contributed by atoms with Crippen molar-refractivity contribution in [3.05, 3.63) is 59.2 Å². The number of fused-ring (bicyclic) bond motifs is 1. The predicted octanol–water partition coefficient (Wildman–Crippen LogP) is 3.83. The van der Waals surface area contributed by atoms with Crippen LogP contribution in [0.1, 0.15) is 34.4 Å². The fraction of sp³-hybridized carbons (Fsp3) is 0.235. The van der Waals surface area contributed by atoms with Crippen LogP contribution >= 0.6 is 0 Å². The Hall–Kier alpha value is -2.49. The van der Waals surface area contributed by atoms with Gasteiger partial charge in [-0.3, -0.25) is 4.79 Å². The van der Waals surface area contributed by atoms with Gasteiger partial charge in [-0.2, -0.15) is 0 Å². The minimum atomic E-state index is -0.224. The first-order valence-electron chi connectivity index (χ1n) is 7.01. The number of hydrogen-bond donors (Lipinski definition) is 1. The average molecular weight is 283 g/mol. The first-order chi connectivity index (χ1) is 10.2. The maximum atomic E-state index is 12.2. The maximum Gasteiger partial charge on any atom is 0.287 e. The molecule has 3 aromatic rings. The summed E-state index contributed by atoms with van der Waals surface area (Å²) >= 11 is 0. The zero-order valence-corrected chi connectivity index (χ0v) is 12.1. The Kier molecular flexibility index (Phi) is 3.52. The third kappa shape index (κ3) is 2.57. The highest BCUT2D eigenvalue weighted by Gasteiger charge is 2.17. The highest BCUT2D eigenvalue weighted by atomic mass is 16.3. The summed E-state index contributed by atoms with van der Waals surface area (Å²) in [5, 5.41) is 3.80. The first kappa shape index (κ1) is 13.5. The van der Waals surface area contributed by atoms with Crippen molar-refractivity contribution >= 4 is 16.9 Å². The van der Waals surface area contributed by atoms with E-state index in [-0.39, 0.29) is 5.91 Å². The lowest BCUT2D eigenvalue weighted by Gasteiger charge is -2.01. The summed E-state index contributed by atoms with van der Waals surface area (Å²) in [6.45, 7) is 4.36. The summed E-state index contributed by atoms with van der Waals surface area (Å²) in [6, 6.07) is 9.64. The van der Waals surface area contributed by atoms with Crippen molar-refractivity contribution in [2.24, 2.45) is 0 Å². The maximum absolute atomic E-state index is 12.2. The molecule has 0 fully saturated rings. The SMILES string of the molecule is CCc1ccc2oc(C(=O)NCc3ccco3)c(C)c2c1. The van der Waals surface area contributed by atoms with Crippen molar-refractivity contribution in [2.45, 2.75) is 26.8 Å². The van der Waals surface area contributed by atoms with Gasteiger partial charge in [-0.05, 0) is 43.2 Å². The Labute approximate surface area is 122 Å². The van der Waals surface area contributed by atoms with Crippen LogP contribution in [-0.4, -0.2) is 5.91 Å². The van der Waals surface area contributed by atoms with E-state index in [0.29, 0.717) is 18.1 Å². The molecule has 2 aromatic heterocycles. The van der Waals surface area contributed by atoms with E-state index in [1.165, 1.54) is 5.56 Å². The first-order valence-corrected chi connectivity index (χ1v) is 7.01.